The number of likely N-dealkylation sites (tertiary alicyclic amines) is 1. The molecule has 8 heteroatoms. The van der Waals surface area contributed by atoms with Crippen LogP contribution in [0.25, 0.3) is 6.08 Å². The van der Waals surface area contributed by atoms with E-state index in [1.165, 1.54) is 16.4 Å². The Morgan fingerprint density at radius 1 is 1.48 bits per heavy atom. The summed E-state index contributed by atoms with van der Waals surface area (Å²) in [5.74, 6) is 1.15. The van der Waals surface area contributed by atoms with E-state index in [1.807, 2.05) is 19.9 Å². The fourth-order valence-corrected chi connectivity index (χ4v) is 5.39. The van der Waals surface area contributed by atoms with E-state index < -0.39 is 0 Å². The van der Waals surface area contributed by atoms with Gasteiger partial charge < -0.3 is 11.1 Å². The van der Waals surface area contributed by atoms with Gasteiger partial charge in [0.2, 0.25) is 0 Å². The second kappa shape index (κ2) is 8.95. The quantitative estimate of drug-likeness (QED) is 0.666. The maximum atomic E-state index is 13.0. The average molecular weight is 418 g/mol. The van der Waals surface area contributed by atoms with Crippen molar-refractivity contribution in [3.05, 3.63) is 21.4 Å². The zero-order chi connectivity index (χ0) is 20.4. The highest BCUT2D eigenvalue weighted by molar-refractivity contribution is 7.13. The Labute approximate surface area is 176 Å². The summed E-state index contributed by atoms with van der Waals surface area (Å²) in [6.07, 6.45) is 4.37. The molecule has 4 rings (SSSR count). The molecular weight excluding hydrogens is 386 g/mol. The fraction of sp³-hybridized carbons (Fsp3) is 0.619. The monoisotopic (exact) mass is 417 g/mol. The second-order valence-electron chi connectivity index (χ2n) is 8.04. The van der Waals surface area contributed by atoms with Crippen molar-refractivity contribution in [3.63, 3.8) is 0 Å². The number of hydroxylamine groups is 2. The minimum absolute atomic E-state index is 0.116. The Hall–Kier alpha value is -1.74. The first-order valence-electron chi connectivity index (χ1n) is 10.6. The predicted octanol–water partition coefficient (Wildman–Crippen LogP) is 2.51. The summed E-state index contributed by atoms with van der Waals surface area (Å²) < 4.78 is 0. The smallest absolute Gasteiger partial charge is 0.273 e. The van der Waals surface area contributed by atoms with Crippen molar-refractivity contribution >= 4 is 34.8 Å². The van der Waals surface area contributed by atoms with Gasteiger partial charge in [-0.2, -0.15) is 0 Å². The largest absolute Gasteiger partial charge is 0.387 e. The number of amidine groups is 1. The molecule has 4 heterocycles. The van der Waals surface area contributed by atoms with Crippen LogP contribution < -0.4 is 11.1 Å². The molecule has 158 valence electrons. The number of aliphatic imine (C=N–C) groups is 1. The molecule has 1 unspecified atom stereocenters. The van der Waals surface area contributed by atoms with Gasteiger partial charge in [-0.1, -0.05) is 6.92 Å². The summed E-state index contributed by atoms with van der Waals surface area (Å²) in [5.41, 5.74) is 7.66. The molecule has 1 aromatic rings. The Morgan fingerprint density at radius 2 is 2.34 bits per heavy atom. The summed E-state index contributed by atoms with van der Waals surface area (Å²) in [5, 5.41) is 4.97. The molecule has 3 aliphatic heterocycles. The number of hydrogen-bond donors (Lipinski definition) is 2. The van der Waals surface area contributed by atoms with Crippen molar-refractivity contribution in [1.29, 1.82) is 0 Å². The number of carbonyl (C=O) groups is 1. The van der Waals surface area contributed by atoms with Crippen molar-refractivity contribution < 1.29 is 9.63 Å². The van der Waals surface area contributed by atoms with E-state index in [9.17, 15) is 4.79 Å². The van der Waals surface area contributed by atoms with Crippen LogP contribution in [0.15, 0.2) is 16.6 Å². The molecule has 0 saturated carbocycles. The molecular formula is C21H31N5O2S. The van der Waals surface area contributed by atoms with Crippen LogP contribution in [0, 0.1) is 5.92 Å². The molecule has 3 N–H and O–H groups in total. The van der Waals surface area contributed by atoms with Gasteiger partial charge in [0.25, 0.3) is 5.91 Å². The first kappa shape index (κ1) is 20.5. The number of nitrogens with one attached hydrogen (secondary N) is 1. The van der Waals surface area contributed by atoms with E-state index in [0.29, 0.717) is 31.0 Å². The minimum atomic E-state index is -0.116. The minimum Gasteiger partial charge on any atom is -0.387 e. The zero-order valence-electron chi connectivity index (χ0n) is 17.3. The topological polar surface area (TPSA) is 83.2 Å². The van der Waals surface area contributed by atoms with E-state index >= 15 is 0 Å². The summed E-state index contributed by atoms with van der Waals surface area (Å²) in [6, 6.07) is 2.86. The van der Waals surface area contributed by atoms with Crippen LogP contribution in [-0.2, 0) is 16.2 Å². The van der Waals surface area contributed by atoms with E-state index in [0.717, 1.165) is 55.1 Å². The van der Waals surface area contributed by atoms with Crippen molar-refractivity contribution in [2.75, 3.05) is 32.8 Å². The van der Waals surface area contributed by atoms with Crippen molar-refractivity contribution in [2.24, 2.45) is 16.6 Å². The molecule has 7 nitrogen and oxygen atoms in total. The van der Waals surface area contributed by atoms with Gasteiger partial charge in [-0.25, -0.2) is 10.1 Å². The zero-order valence-corrected chi connectivity index (χ0v) is 18.1. The molecule has 1 amide bonds. The molecule has 2 saturated heterocycles. The first-order chi connectivity index (χ1) is 14.1. The number of nitrogens with zero attached hydrogens (tertiary/aromatic N) is 3. The maximum Gasteiger partial charge on any atom is 0.273 e. The Morgan fingerprint density at radius 3 is 3.03 bits per heavy atom. The summed E-state index contributed by atoms with van der Waals surface area (Å²) in [7, 11) is 0. The number of amides is 1. The van der Waals surface area contributed by atoms with Gasteiger partial charge in [0.1, 0.15) is 5.84 Å². The molecule has 29 heavy (non-hydrogen) atoms. The number of thiophene rings is 1. The van der Waals surface area contributed by atoms with Crippen LogP contribution in [-0.4, -0.2) is 60.5 Å². The predicted molar refractivity (Wildman–Crippen MR) is 117 cm³/mol. The third kappa shape index (κ3) is 4.55. The molecule has 2 atom stereocenters. The lowest BCUT2D eigenvalue weighted by atomic mass is 9.85. The van der Waals surface area contributed by atoms with Gasteiger partial charge in [0, 0.05) is 55.6 Å². The number of nitrogens with two attached hydrogens (primary N) is 1. The van der Waals surface area contributed by atoms with Crippen LogP contribution in [0.5, 0.6) is 0 Å². The maximum absolute atomic E-state index is 13.0. The number of piperidine rings is 1. The Kier molecular flexibility index (Phi) is 6.34. The lowest BCUT2D eigenvalue weighted by Crippen LogP contribution is -2.61. The normalized spacial score (nSPS) is 23.9. The van der Waals surface area contributed by atoms with Crippen LogP contribution >= 0.6 is 11.3 Å². The lowest BCUT2D eigenvalue weighted by molar-refractivity contribution is -0.180. The van der Waals surface area contributed by atoms with E-state index in [-0.39, 0.29) is 5.91 Å². The SMILES string of the molecule is CCCN(OCC)C(=O)C1=Cc2sc(CN3CCC4NC[C@H]4C3)cc2N=C(N)C1. The average Bonchev–Trinajstić information content (AvgIpc) is 2.95. The third-order valence-electron chi connectivity index (χ3n) is 5.78. The molecule has 0 radical (unpaired) electrons. The van der Waals surface area contributed by atoms with Crippen LogP contribution in [0.2, 0.25) is 0 Å². The van der Waals surface area contributed by atoms with E-state index in [2.05, 4.69) is 21.3 Å². The van der Waals surface area contributed by atoms with Crippen molar-refractivity contribution in [2.45, 2.75) is 45.7 Å². The third-order valence-corrected chi connectivity index (χ3v) is 6.84. The van der Waals surface area contributed by atoms with Gasteiger partial charge in [-0.15, -0.1) is 11.3 Å². The Balaban J connectivity index is 1.51. The van der Waals surface area contributed by atoms with Crippen molar-refractivity contribution in [3.8, 4) is 0 Å². The first-order valence-corrected chi connectivity index (χ1v) is 11.5. The van der Waals surface area contributed by atoms with Gasteiger partial charge in [0.15, 0.2) is 0 Å². The molecule has 3 aliphatic rings. The van der Waals surface area contributed by atoms with Gasteiger partial charge in [0.05, 0.1) is 17.2 Å². The Bertz CT molecular complexity index is 812. The highest BCUT2D eigenvalue weighted by atomic mass is 32.1. The van der Waals surface area contributed by atoms with Crippen LogP contribution in [0.3, 0.4) is 0 Å². The standard InChI is InChI=1S/C21H31N5O2S/c1-3-6-26(28-4-2)21(27)14-8-19-18(24-20(22)9-14)10-16(29-19)13-25-7-5-17-15(12-25)11-23-17/h8,10,15,17,23H,3-7,9,11-13H2,1-2H3,(H2,22,24)/t15-,17?/m0/s1. The van der Waals surface area contributed by atoms with Gasteiger partial charge in [-0.05, 0) is 37.8 Å². The number of hydrogen-bond acceptors (Lipinski definition) is 7. The number of fused-ring (bicyclic) bond motifs is 2. The van der Waals surface area contributed by atoms with E-state index in [4.69, 9.17) is 10.6 Å². The number of carbonyl (C=O) groups excluding carboxylic acids is 1. The molecule has 0 aromatic carbocycles. The van der Waals surface area contributed by atoms with Gasteiger partial charge >= 0.3 is 0 Å². The molecule has 1 aromatic heterocycles. The highest BCUT2D eigenvalue weighted by Gasteiger charge is 2.35. The van der Waals surface area contributed by atoms with E-state index in [1.54, 1.807) is 11.3 Å². The molecule has 0 aliphatic carbocycles. The van der Waals surface area contributed by atoms with Crippen molar-refractivity contribution in [1.82, 2.24) is 15.3 Å². The van der Waals surface area contributed by atoms with Crippen LogP contribution in [0.4, 0.5) is 5.69 Å². The fourth-order valence-electron chi connectivity index (χ4n) is 4.28. The summed E-state index contributed by atoms with van der Waals surface area (Å²) in [4.78, 5) is 28.0. The molecule has 0 spiro atoms. The lowest BCUT2D eigenvalue weighted by Gasteiger charge is -2.46. The molecule has 0 bridgehead atoms. The highest BCUT2D eigenvalue weighted by Crippen LogP contribution is 2.36. The van der Waals surface area contributed by atoms with Gasteiger partial charge in [-0.3, -0.25) is 14.5 Å². The van der Waals surface area contributed by atoms with Crippen LogP contribution in [0.1, 0.15) is 42.9 Å². The summed E-state index contributed by atoms with van der Waals surface area (Å²) in [6.45, 7) is 9.31. The summed E-state index contributed by atoms with van der Waals surface area (Å²) >= 11 is 1.72. The molecule has 2 fully saturated rings. The number of rotatable bonds is 7. The second-order valence-corrected chi connectivity index (χ2v) is 9.20.